The van der Waals surface area contributed by atoms with Crippen molar-refractivity contribution in [3.63, 3.8) is 0 Å². The van der Waals surface area contributed by atoms with Gasteiger partial charge in [-0.15, -0.1) is 11.8 Å². The maximum absolute atomic E-state index is 13.3. The number of carbonyl (C=O) groups excluding carboxylic acids is 2. The molecule has 2 N–H and O–H groups in total. The fourth-order valence-electron chi connectivity index (χ4n) is 3.49. The zero-order valence-electron chi connectivity index (χ0n) is 16.5. The predicted molar refractivity (Wildman–Crippen MR) is 114 cm³/mol. The third-order valence-corrected chi connectivity index (χ3v) is 6.49. The number of phenolic OH excluding ortho intramolecular Hbond substituents is 1. The minimum absolute atomic E-state index is 0.0193. The highest BCUT2D eigenvalue weighted by Gasteiger charge is 2.45. The summed E-state index contributed by atoms with van der Waals surface area (Å²) in [4.78, 5) is 27.6. The van der Waals surface area contributed by atoms with Crippen molar-refractivity contribution in [2.75, 3.05) is 23.4 Å². The molecule has 1 fully saturated rings. The lowest BCUT2D eigenvalue weighted by molar-refractivity contribution is -0.141. The van der Waals surface area contributed by atoms with Crippen LogP contribution >= 0.6 is 11.8 Å². The first-order valence-corrected chi connectivity index (χ1v) is 10.5. The second kappa shape index (κ2) is 8.27. The van der Waals surface area contributed by atoms with Crippen LogP contribution in [0.25, 0.3) is 0 Å². The Kier molecular flexibility index (Phi) is 5.98. The summed E-state index contributed by atoms with van der Waals surface area (Å²) in [7, 11) is 0. The van der Waals surface area contributed by atoms with Gasteiger partial charge in [-0.2, -0.15) is 0 Å². The van der Waals surface area contributed by atoms with Crippen molar-refractivity contribution < 1.29 is 14.7 Å². The number of amides is 2. The van der Waals surface area contributed by atoms with Crippen LogP contribution in [-0.4, -0.2) is 45.4 Å². The van der Waals surface area contributed by atoms with Gasteiger partial charge in [0.2, 0.25) is 5.91 Å². The highest BCUT2D eigenvalue weighted by atomic mass is 32.2. The standard InChI is InChI=1S/C22H26N2O3S/c1-15-5-4-6-16(2)20(15)23-21(27)22(3)14-28-13-19(26)24(22)12-11-17-7-9-18(25)10-8-17/h4-10,25H,11-14H2,1-3H3,(H,23,27). The van der Waals surface area contributed by atoms with Gasteiger partial charge in [0.15, 0.2) is 0 Å². The molecule has 0 aliphatic carbocycles. The van der Waals surface area contributed by atoms with Crippen molar-refractivity contribution in [3.8, 4) is 5.75 Å². The average molecular weight is 399 g/mol. The Morgan fingerprint density at radius 3 is 2.46 bits per heavy atom. The number of benzene rings is 2. The molecule has 2 aromatic carbocycles. The largest absolute Gasteiger partial charge is 0.508 e. The molecule has 0 saturated carbocycles. The number of nitrogens with zero attached hydrogens (tertiary/aromatic N) is 1. The minimum Gasteiger partial charge on any atom is -0.508 e. The molecule has 1 atom stereocenters. The zero-order valence-corrected chi connectivity index (χ0v) is 17.3. The van der Waals surface area contributed by atoms with E-state index in [-0.39, 0.29) is 17.6 Å². The van der Waals surface area contributed by atoms with Crippen LogP contribution in [0.5, 0.6) is 5.75 Å². The van der Waals surface area contributed by atoms with E-state index in [9.17, 15) is 14.7 Å². The van der Waals surface area contributed by atoms with Crippen LogP contribution in [0.3, 0.4) is 0 Å². The Morgan fingerprint density at radius 2 is 1.82 bits per heavy atom. The van der Waals surface area contributed by atoms with Crippen LogP contribution in [0, 0.1) is 13.8 Å². The molecule has 1 saturated heterocycles. The summed E-state index contributed by atoms with van der Waals surface area (Å²) < 4.78 is 0. The number of carbonyl (C=O) groups is 2. The molecule has 148 valence electrons. The average Bonchev–Trinajstić information content (AvgIpc) is 2.65. The number of aromatic hydroxyl groups is 1. The van der Waals surface area contributed by atoms with Crippen LogP contribution in [0.2, 0.25) is 0 Å². The molecule has 0 spiro atoms. The van der Waals surface area contributed by atoms with Crippen LogP contribution < -0.4 is 5.32 Å². The minimum atomic E-state index is -0.911. The molecule has 5 nitrogen and oxygen atoms in total. The fraction of sp³-hybridized carbons (Fsp3) is 0.364. The van der Waals surface area contributed by atoms with Gasteiger partial charge in [0.25, 0.3) is 5.91 Å². The molecule has 3 rings (SSSR count). The van der Waals surface area contributed by atoms with Gasteiger partial charge in [-0.05, 0) is 56.0 Å². The summed E-state index contributed by atoms with van der Waals surface area (Å²) in [6, 6.07) is 12.8. The highest BCUT2D eigenvalue weighted by molar-refractivity contribution is 8.00. The molecule has 2 aromatic rings. The number of hydrogen-bond donors (Lipinski definition) is 2. The fourth-order valence-corrected chi connectivity index (χ4v) is 4.61. The topological polar surface area (TPSA) is 69.6 Å². The summed E-state index contributed by atoms with van der Waals surface area (Å²) in [6.45, 7) is 6.24. The first kappa shape index (κ1) is 20.3. The molecule has 1 aliphatic rings. The van der Waals surface area contributed by atoms with Crippen molar-refractivity contribution in [1.29, 1.82) is 0 Å². The molecule has 1 heterocycles. The zero-order chi connectivity index (χ0) is 20.3. The van der Waals surface area contributed by atoms with Gasteiger partial charge in [-0.1, -0.05) is 30.3 Å². The summed E-state index contributed by atoms with van der Waals surface area (Å²) >= 11 is 1.50. The Labute approximate surface area is 170 Å². The second-order valence-corrected chi connectivity index (χ2v) is 8.44. The van der Waals surface area contributed by atoms with Gasteiger partial charge >= 0.3 is 0 Å². The van der Waals surface area contributed by atoms with Crippen molar-refractivity contribution in [3.05, 3.63) is 59.2 Å². The third kappa shape index (κ3) is 4.17. The van der Waals surface area contributed by atoms with Gasteiger partial charge in [0, 0.05) is 18.0 Å². The number of nitrogens with one attached hydrogen (secondary N) is 1. The number of para-hydroxylation sites is 1. The maximum atomic E-state index is 13.3. The van der Waals surface area contributed by atoms with Crippen LogP contribution in [0.4, 0.5) is 5.69 Å². The highest BCUT2D eigenvalue weighted by Crippen LogP contribution is 2.30. The lowest BCUT2D eigenvalue weighted by atomic mass is 9.98. The van der Waals surface area contributed by atoms with Crippen molar-refractivity contribution >= 4 is 29.3 Å². The van der Waals surface area contributed by atoms with E-state index in [1.54, 1.807) is 17.0 Å². The normalized spacial score (nSPS) is 19.5. The smallest absolute Gasteiger partial charge is 0.250 e. The van der Waals surface area contributed by atoms with E-state index in [1.165, 1.54) is 11.8 Å². The monoisotopic (exact) mass is 398 g/mol. The lowest BCUT2D eigenvalue weighted by Crippen LogP contribution is -2.62. The van der Waals surface area contributed by atoms with Gasteiger partial charge in [0.1, 0.15) is 11.3 Å². The first-order chi connectivity index (χ1) is 13.3. The lowest BCUT2D eigenvalue weighted by Gasteiger charge is -2.43. The van der Waals surface area contributed by atoms with E-state index < -0.39 is 5.54 Å². The molecule has 0 bridgehead atoms. The summed E-state index contributed by atoms with van der Waals surface area (Å²) in [5.74, 6) is 0.991. The maximum Gasteiger partial charge on any atom is 0.250 e. The molecule has 0 radical (unpaired) electrons. The van der Waals surface area contributed by atoms with Crippen molar-refractivity contribution in [2.45, 2.75) is 32.7 Å². The summed E-state index contributed by atoms with van der Waals surface area (Å²) in [5.41, 5.74) is 2.92. The second-order valence-electron chi connectivity index (χ2n) is 7.45. The molecule has 1 aliphatic heterocycles. The van der Waals surface area contributed by atoms with Crippen molar-refractivity contribution in [1.82, 2.24) is 4.90 Å². The Hall–Kier alpha value is -2.47. The number of aryl methyl sites for hydroxylation is 2. The van der Waals surface area contributed by atoms with Gasteiger partial charge < -0.3 is 15.3 Å². The van der Waals surface area contributed by atoms with Crippen LogP contribution in [0.15, 0.2) is 42.5 Å². The molecule has 2 amide bonds. The Morgan fingerprint density at radius 1 is 1.18 bits per heavy atom. The summed E-state index contributed by atoms with van der Waals surface area (Å²) in [6.07, 6.45) is 0.628. The van der Waals surface area contributed by atoms with Gasteiger partial charge in [-0.3, -0.25) is 9.59 Å². The van der Waals surface area contributed by atoms with E-state index in [2.05, 4.69) is 5.32 Å². The van der Waals surface area contributed by atoms with Gasteiger partial charge in [-0.25, -0.2) is 0 Å². The molecule has 0 aromatic heterocycles. The van der Waals surface area contributed by atoms with E-state index in [4.69, 9.17) is 0 Å². The predicted octanol–water partition coefficient (Wildman–Crippen LogP) is 3.52. The molecular weight excluding hydrogens is 372 g/mol. The van der Waals surface area contributed by atoms with E-state index in [1.807, 2.05) is 51.1 Å². The van der Waals surface area contributed by atoms with Crippen LogP contribution in [-0.2, 0) is 16.0 Å². The quantitative estimate of drug-likeness (QED) is 0.808. The number of thioether (sulfide) groups is 1. The van der Waals surface area contributed by atoms with Crippen molar-refractivity contribution in [2.24, 2.45) is 0 Å². The molecule has 6 heteroatoms. The SMILES string of the molecule is Cc1cccc(C)c1NC(=O)C1(C)CSCC(=O)N1CCc1ccc(O)cc1. The number of hydrogen-bond acceptors (Lipinski definition) is 4. The Balaban J connectivity index is 1.80. The number of rotatable bonds is 5. The van der Waals surface area contributed by atoms with E-state index >= 15 is 0 Å². The summed E-state index contributed by atoms with van der Waals surface area (Å²) in [5, 5.41) is 12.5. The molecule has 28 heavy (non-hydrogen) atoms. The van der Waals surface area contributed by atoms with Crippen LogP contribution in [0.1, 0.15) is 23.6 Å². The van der Waals surface area contributed by atoms with E-state index in [0.29, 0.717) is 24.5 Å². The number of anilines is 1. The Bertz CT molecular complexity index is 862. The van der Waals surface area contributed by atoms with E-state index in [0.717, 1.165) is 22.4 Å². The molecular formula is C22H26N2O3S. The van der Waals surface area contributed by atoms with Gasteiger partial charge in [0.05, 0.1) is 5.75 Å². The first-order valence-electron chi connectivity index (χ1n) is 9.35. The number of phenols is 1. The third-order valence-electron chi connectivity index (χ3n) is 5.27. The molecule has 1 unspecified atom stereocenters.